The Balaban J connectivity index is 2.77. The summed E-state index contributed by atoms with van der Waals surface area (Å²) in [6, 6.07) is 5.86. The fourth-order valence-corrected chi connectivity index (χ4v) is 1.97. The highest BCUT2D eigenvalue weighted by atomic mass is 32.2. The Hall–Kier alpha value is -1.11. The number of hydrogen-bond donors (Lipinski definition) is 2. The number of nitrogens with two attached hydrogens (primary N) is 1. The predicted molar refractivity (Wildman–Crippen MR) is 55.7 cm³/mol. The third kappa shape index (κ3) is 3.50. The van der Waals surface area contributed by atoms with Crippen LogP contribution in [-0.4, -0.2) is 26.7 Å². The monoisotopic (exact) mass is 231 g/mol. The molecule has 5 nitrogen and oxygen atoms in total. The van der Waals surface area contributed by atoms with Crippen LogP contribution in [0.25, 0.3) is 0 Å². The van der Waals surface area contributed by atoms with Gasteiger partial charge in [-0.2, -0.15) is 8.42 Å². The van der Waals surface area contributed by atoms with Gasteiger partial charge in [-0.1, -0.05) is 6.07 Å². The quantitative estimate of drug-likeness (QED) is 0.434. The van der Waals surface area contributed by atoms with Crippen molar-refractivity contribution in [3.63, 3.8) is 0 Å². The van der Waals surface area contributed by atoms with Gasteiger partial charge in [-0.25, -0.2) is 0 Å². The number of nitrogen functional groups attached to an aromatic ring is 1. The molecule has 0 aliphatic carbocycles. The van der Waals surface area contributed by atoms with Gasteiger partial charge in [-0.15, -0.1) is 0 Å². The molecule has 0 amide bonds. The summed E-state index contributed by atoms with van der Waals surface area (Å²) in [4.78, 5) is 0.0282. The standard InChI is InChI=1S/C9H13NO4S/c10-8-3-1-4-9(7-8)15(12,13)14-6-2-5-11/h1,3-4,7,11H,2,5-6,10H2. The van der Waals surface area contributed by atoms with Crippen molar-refractivity contribution in [1.82, 2.24) is 0 Å². The van der Waals surface area contributed by atoms with Crippen LogP contribution in [0.5, 0.6) is 0 Å². The normalized spacial score (nSPS) is 11.5. The number of aliphatic hydroxyl groups is 1. The molecule has 0 spiro atoms. The minimum atomic E-state index is -3.75. The van der Waals surface area contributed by atoms with E-state index >= 15 is 0 Å². The van der Waals surface area contributed by atoms with Crippen LogP contribution >= 0.6 is 0 Å². The van der Waals surface area contributed by atoms with E-state index in [1.54, 1.807) is 6.07 Å². The van der Waals surface area contributed by atoms with Crippen LogP contribution in [0.3, 0.4) is 0 Å². The summed E-state index contributed by atoms with van der Waals surface area (Å²) in [6.07, 6.45) is 0.279. The topological polar surface area (TPSA) is 89.6 Å². The van der Waals surface area contributed by atoms with E-state index in [9.17, 15) is 8.42 Å². The summed E-state index contributed by atoms with van der Waals surface area (Å²) in [6.45, 7) is -0.139. The average molecular weight is 231 g/mol. The van der Waals surface area contributed by atoms with Crippen LogP contribution in [0.15, 0.2) is 29.2 Å². The van der Waals surface area contributed by atoms with E-state index in [-0.39, 0.29) is 24.5 Å². The molecule has 0 heterocycles. The molecule has 0 unspecified atom stereocenters. The van der Waals surface area contributed by atoms with Crippen molar-refractivity contribution >= 4 is 15.8 Å². The molecule has 0 aliphatic rings. The summed E-state index contributed by atoms with van der Waals surface area (Å²) in [5.41, 5.74) is 5.81. The molecule has 15 heavy (non-hydrogen) atoms. The lowest BCUT2D eigenvalue weighted by molar-refractivity contribution is 0.237. The fraction of sp³-hybridized carbons (Fsp3) is 0.333. The van der Waals surface area contributed by atoms with Crippen molar-refractivity contribution in [3.8, 4) is 0 Å². The van der Waals surface area contributed by atoms with Gasteiger partial charge in [0.05, 0.1) is 11.5 Å². The molecular weight excluding hydrogens is 218 g/mol. The van der Waals surface area contributed by atoms with E-state index in [4.69, 9.17) is 10.8 Å². The van der Waals surface area contributed by atoms with Crippen molar-refractivity contribution in [2.45, 2.75) is 11.3 Å². The van der Waals surface area contributed by atoms with Crippen LogP contribution in [-0.2, 0) is 14.3 Å². The largest absolute Gasteiger partial charge is 0.399 e. The lowest BCUT2D eigenvalue weighted by atomic mass is 10.3. The zero-order chi connectivity index (χ0) is 11.3. The Kier molecular flexibility index (Phi) is 4.07. The Morgan fingerprint density at radius 1 is 1.40 bits per heavy atom. The van der Waals surface area contributed by atoms with Crippen molar-refractivity contribution in [2.75, 3.05) is 18.9 Å². The van der Waals surface area contributed by atoms with Crippen molar-refractivity contribution in [1.29, 1.82) is 0 Å². The van der Waals surface area contributed by atoms with E-state index in [1.807, 2.05) is 0 Å². The zero-order valence-corrected chi connectivity index (χ0v) is 8.90. The molecule has 1 aromatic carbocycles. The molecule has 0 saturated heterocycles. The van der Waals surface area contributed by atoms with Gasteiger partial charge in [0, 0.05) is 12.3 Å². The van der Waals surface area contributed by atoms with Crippen molar-refractivity contribution < 1.29 is 17.7 Å². The fourth-order valence-electron chi connectivity index (χ4n) is 0.971. The maximum Gasteiger partial charge on any atom is 0.297 e. The van der Waals surface area contributed by atoms with Gasteiger partial charge in [0.25, 0.3) is 10.1 Å². The van der Waals surface area contributed by atoms with E-state index in [1.165, 1.54) is 18.2 Å². The van der Waals surface area contributed by atoms with Gasteiger partial charge in [-0.3, -0.25) is 4.18 Å². The van der Waals surface area contributed by atoms with Crippen LogP contribution in [0.4, 0.5) is 5.69 Å². The first-order valence-electron chi connectivity index (χ1n) is 4.42. The second kappa shape index (κ2) is 5.11. The maximum atomic E-state index is 11.5. The van der Waals surface area contributed by atoms with Gasteiger partial charge in [0.2, 0.25) is 0 Å². The van der Waals surface area contributed by atoms with Gasteiger partial charge in [-0.05, 0) is 24.6 Å². The van der Waals surface area contributed by atoms with Crippen molar-refractivity contribution in [2.24, 2.45) is 0 Å². The molecule has 0 aliphatic heterocycles. The smallest absolute Gasteiger partial charge is 0.297 e. The summed E-state index contributed by atoms with van der Waals surface area (Å²) >= 11 is 0. The Morgan fingerprint density at radius 2 is 2.13 bits per heavy atom. The van der Waals surface area contributed by atoms with Crippen LogP contribution in [0.2, 0.25) is 0 Å². The maximum absolute atomic E-state index is 11.5. The molecule has 1 rings (SSSR count). The Morgan fingerprint density at radius 3 is 2.73 bits per heavy atom. The lowest BCUT2D eigenvalue weighted by Crippen LogP contribution is -2.08. The van der Waals surface area contributed by atoms with Crippen LogP contribution < -0.4 is 5.73 Å². The van der Waals surface area contributed by atoms with Gasteiger partial charge in [0.1, 0.15) is 0 Å². The molecule has 1 aromatic rings. The first-order valence-corrected chi connectivity index (χ1v) is 5.83. The SMILES string of the molecule is Nc1cccc(S(=O)(=O)OCCCO)c1. The van der Waals surface area contributed by atoms with E-state index < -0.39 is 10.1 Å². The Labute approximate surface area is 88.6 Å². The molecule has 0 saturated carbocycles. The minimum Gasteiger partial charge on any atom is -0.399 e. The van der Waals surface area contributed by atoms with E-state index in [0.717, 1.165) is 0 Å². The second-order valence-electron chi connectivity index (χ2n) is 2.93. The Bertz CT molecular complexity index is 416. The summed E-state index contributed by atoms with van der Waals surface area (Å²) in [5.74, 6) is 0. The number of hydrogen-bond acceptors (Lipinski definition) is 5. The third-order valence-corrected chi connectivity index (χ3v) is 3.00. The van der Waals surface area contributed by atoms with Gasteiger partial charge in [0.15, 0.2) is 0 Å². The summed E-state index contributed by atoms with van der Waals surface area (Å²) in [7, 11) is -3.75. The second-order valence-corrected chi connectivity index (χ2v) is 4.54. The number of aliphatic hydroxyl groups excluding tert-OH is 1. The minimum absolute atomic E-state index is 0.0282. The molecule has 0 aromatic heterocycles. The summed E-state index contributed by atoms with van der Waals surface area (Å²) in [5, 5.41) is 8.48. The van der Waals surface area contributed by atoms with Gasteiger partial charge < -0.3 is 10.8 Å². The van der Waals surface area contributed by atoms with E-state index in [0.29, 0.717) is 5.69 Å². The predicted octanol–water partition coefficient (Wildman–Crippen LogP) is 0.356. The van der Waals surface area contributed by atoms with Crippen LogP contribution in [0.1, 0.15) is 6.42 Å². The summed E-state index contributed by atoms with van der Waals surface area (Å²) < 4.78 is 27.7. The molecular formula is C9H13NO4S. The van der Waals surface area contributed by atoms with E-state index in [2.05, 4.69) is 4.18 Å². The molecule has 84 valence electrons. The molecule has 0 atom stereocenters. The molecule has 0 fully saturated rings. The number of rotatable bonds is 5. The highest BCUT2D eigenvalue weighted by molar-refractivity contribution is 7.86. The van der Waals surface area contributed by atoms with Crippen LogP contribution in [0, 0.1) is 0 Å². The molecule has 6 heteroatoms. The molecule has 0 radical (unpaired) electrons. The number of anilines is 1. The zero-order valence-electron chi connectivity index (χ0n) is 8.09. The average Bonchev–Trinajstić information content (AvgIpc) is 2.18. The van der Waals surface area contributed by atoms with Crippen molar-refractivity contribution in [3.05, 3.63) is 24.3 Å². The first-order chi connectivity index (χ1) is 7.06. The highest BCUT2D eigenvalue weighted by Gasteiger charge is 2.14. The van der Waals surface area contributed by atoms with Gasteiger partial charge >= 0.3 is 0 Å². The molecule has 0 bridgehead atoms. The lowest BCUT2D eigenvalue weighted by Gasteiger charge is -2.05. The third-order valence-electron chi connectivity index (χ3n) is 1.69. The molecule has 3 N–H and O–H groups in total. The number of benzene rings is 1. The first kappa shape index (κ1) is 12.0. The highest BCUT2D eigenvalue weighted by Crippen LogP contribution is 2.15.